The van der Waals surface area contributed by atoms with Gasteiger partial charge in [0.05, 0.1) is 30.4 Å². The predicted octanol–water partition coefficient (Wildman–Crippen LogP) is 2.03. The molecule has 0 fully saturated rings. The van der Waals surface area contributed by atoms with Gasteiger partial charge in [-0.15, -0.1) is 0 Å². The molecule has 23 heavy (non-hydrogen) atoms. The van der Waals surface area contributed by atoms with Crippen molar-refractivity contribution in [3.63, 3.8) is 0 Å². The molecular formula is C17H21NO5. The molecule has 0 aliphatic carbocycles. The Kier molecular flexibility index (Phi) is 4.85. The number of rotatable bonds is 6. The van der Waals surface area contributed by atoms with Crippen molar-refractivity contribution >= 4 is 17.8 Å². The minimum atomic E-state index is -0.880. The first-order chi connectivity index (χ1) is 10.8. The Morgan fingerprint density at radius 1 is 1.17 bits per heavy atom. The minimum absolute atomic E-state index is 0.0477. The van der Waals surface area contributed by atoms with Crippen LogP contribution in [0.15, 0.2) is 24.3 Å². The average molecular weight is 319 g/mol. The highest BCUT2D eigenvalue weighted by molar-refractivity contribution is 6.21. The molecule has 6 nitrogen and oxygen atoms in total. The molecule has 0 bridgehead atoms. The van der Waals surface area contributed by atoms with Crippen LogP contribution in [0.25, 0.3) is 0 Å². The summed E-state index contributed by atoms with van der Waals surface area (Å²) in [7, 11) is 1.30. The number of imide groups is 1. The Balaban J connectivity index is 2.16. The van der Waals surface area contributed by atoms with Gasteiger partial charge in [-0.3, -0.25) is 14.5 Å². The van der Waals surface area contributed by atoms with E-state index in [0.29, 0.717) is 17.5 Å². The highest BCUT2D eigenvalue weighted by atomic mass is 16.6. The Morgan fingerprint density at radius 2 is 1.70 bits per heavy atom. The molecule has 0 spiro atoms. The molecule has 2 amide bonds. The lowest BCUT2D eigenvalue weighted by Gasteiger charge is -2.34. The fourth-order valence-electron chi connectivity index (χ4n) is 2.59. The lowest BCUT2D eigenvalue weighted by Crippen LogP contribution is -2.51. The maximum absolute atomic E-state index is 12.5. The highest BCUT2D eigenvalue weighted by Crippen LogP contribution is 2.29. The van der Waals surface area contributed by atoms with Gasteiger partial charge in [-0.2, -0.15) is 0 Å². The van der Waals surface area contributed by atoms with Crippen LogP contribution in [0.4, 0.5) is 0 Å². The van der Waals surface area contributed by atoms with Crippen LogP contribution in [0.1, 0.15) is 47.9 Å². The fourth-order valence-corrected chi connectivity index (χ4v) is 2.59. The molecule has 0 saturated carbocycles. The molecule has 1 unspecified atom stereocenters. The Morgan fingerprint density at radius 3 is 2.13 bits per heavy atom. The van der Waals surface area contributed by atoms with Gasteiger partial charge in [0, 0.05) is 0 Å². The van der Waals surface area contributed by atoms with E-state index >= 15 is 0 Å². The zero-order chi connectivity index (χ0) is 17.2. The first kappa shape index (κ1) is 17.1. The number of carbonyl (C=O) groups is 3. The Hall–Kier alpha value is -2.21. The monoisotopic (exact) mass is 319 g/mol. The zero-order valence-corrected chi connectivity index (χ0v) is 13.8. The van der Waals surface area contributed by atoms with Crippen molar-refractivity contribution in [2.24, 2.45) is 0 Å². The lowest BCUT2D eigenvalue weighted by molar-refractivity contribution is -0.156. The third kappa shape index (κ3) is 3.12. The molecule has 1 aliphatic heterocycles. The van der Waals surface area contributed by atoms with Crippen LogP contribution in [0.2, 0.25) is 0 Å². The van der Waals surface area contributed by atoms with E-state index in [9.17, 15) is 14.4 Å². The second kappa shape index (κ2) is 6.50. The van der Waals surface area contributed by atoms with Crippen molar-refractivity contribution in [1.29, 1.82) is 0 Å². The van der Waals surface area contributed by atoms with Gasteiger partial charge in [0.1, 0.15) is 0 Å². The van der Waals surface area contributed by atoms with Crippen LogP contribution >= 0.6 is 0 Å². The van der Waals surface area contributed by atoms with Crippen LogP contribution < -0.4 is 0 Å². The molecule has 1 heterocycles. The van der Waals surface area contributed by atoms with E-state index in [1.165, 1.54) is 12.0 Å². The van der Waals surface area contributed by atoms with Crippen LogP contribution in [0.5, 0.6) is 0 Å². The van der Waals surface area contributed by atoms with Gasteiger partial charge in [-0.25, -0.2) is 4.79 Å². The normalized spacial score (nSPS) is 15.6. The van der Waals surface area contributed by atoms with Crippen LogP contribution in [-0.4, -0.2) is 48.0 Å². The molecule has 0 radical (unpaired) electrons. The predicted molar refractivity (Wildman–Crippen MR) is 83.1 cm³/mol. The van der Waals surface area contributed by atoms with Gasteiger partial charge in [0.15, 0.2) is 6.10 Å². The molecule has 1 aliphatic rings. The Bertz CT molecular complexity index is 603. The van der Waals surface area contributed by atoms with Gasteiger partial charge >= 0.3 is 5.97 Å². The molecule has 1 aromatic rings. The van der Waals surface area contributed by atoms with E-state index in [1.807, 2.05) is 0 Å². The zero-order valence-electron chi connectivity index (χ0n) is 13.8. The van der Waals surface area contributed by atoms with Crippen LogP contribution in [0.3, 0.4) is 0 Å². The average Bonchev–Trinajstić information content (AvgIpc) is 2.80. The third-order valence-electron chi connectivity index (χ3n) is 3.87. The first-order valence-corrected chi connectivity index (χ1v) is 7.50. The van der Waals surface area contributed by atoms with Gasteiger partial charge in [-0.05, 0) is 32.4 Å². The molecule has 0 aromatic heterocycles. The number of esters is 1. The summed E-state index contributed by atoms with van der Waals surface area (Å²) in [5.41, 5.74) is -0.0922. The minimum Gasteiger partial charge on any atom is -0.467 e. The van der Waals surface area contributed by atoms with E-state index in [0.717, 1.165) is 0 Å². The summed E-state index contributed by atoms with van der Waals surface area (Å²) in [5.74, 6) is -1.15. The van der Waals surface area contributed by atoms with Gasteiger partial charge in [0.2, 0.25) is 0 Å². The van der Waals surface area contributed by atoms with Crippen molar-refractivity contribution < 1.29 is 23.9 Å². The molecule has 0 N–H and O–H groups in total. The number of fused-ring (bicyclic) bond motifs is 1. The van der Waals surface area contributed by atoms with E-state index in [1.54, 1.807) is 45.0 Å². The summed E-state index contributed by atoms with van der Waals surface area (Å²) in [5, 5.41) is 0. The maximum Gasteiger partial charge on any atom is 0.334 e. The lowest BCUT2D eigenvalue weighted by atomic mass is 10.0. The summed E-state index contributed by atoms with van der Waals surface area (Å²) in [6.07, 6.45) is -0.264. The first-order valence-electron chi connectivity index (χ1n) is 7.50. The maximum atomic E-state index is 12.5. The van der Waals surface area contributed by atoms with Crippen LogP contribution in [0, 0.1) is 0 Å². The van der Waals surface area contributed by atoms with Gasteiger partial charge in [0.25, 0.3) is 11.8 Å². The van der Waals surface area contributed by atoms with Crippen molar-refractivity contribution in [2.45, 2.75) is 38.8 Å². The number of carbonyl (C=O) groups excluding carboxylic acids is 3. The summed E-state index contributed by atoms with van der Waals surface area (Å²) in [6.45, 7) is 5.32. The smallest absolute Gasteiger partial charge is 0.334 e. The highest BCUT2D eigenvalue weighted by Gasteiger charge is 2.44. The number of methoxy groups -OCH3 is 1. The SMILES string of the molecule is CCC(OCC(C)(C)N1C(=O)c2ccccc2C1=O)C(=O)OC. The molecule has 6 heteroatoms. The largest absolute Gasteiger partial charge is 0.467 e. The topological polar surface area (TPSA) is 72.9 Å². The Labute approximate surface area is 135 Å². The number of hydrogen-bond acceptors (Lipinski definition) is 5. The number of ether oxygens (including phenoxy) is 2. The van der Waals surface area contributed by atoms with E-state index in [4.69, 9.17) is 4.74 Å². The van der Waals surface area contributed by atoms with E-state index in [-0.39, 0.29) is 18.4 Å². The van der Waals surface area contributed by atoms with Crippen molar-refractivity contribution in [2.75, 3.05) is 13.7 Å². The van der Waals surface area contributed by atoms with Crippen LogP contribution in [-0.2, 0) is 14.3 Å². The molecule has 2 rings (SSSR count). The molecule has 0 saturated heterocycles. The van der Waals surface area contributed by atoms with Crippen molar-refractivity contribution in [1.82, 2.24) is 4.90 Å². The fraction of sp³-hybridized carbons (Fsp3) is 0.471. The second-order valence-electron chi connectivity index (χ2n) is 6.03. The molecular weight excluding hydrogens is 298 g/mol. The quantitative estimate of drug-likeness (QED) is 0.592. The van der Waals surface area contributed by atoms with Crippen molar-refractivity contribution in [3.8, 4) is 0 Å². The molecule has 1 atom stereocenters. The summed E-state index contributed by atoms with van der Waals surface area (Å²) in [6, 6.07) is 6.72. The summed E-state index contributed by atoms with van der Waals surface area (Å²) >= 11 is 0. The summed E-state index contributed by atoms with van der Waals surface area (Å²) < 4.78 is 10.3. The van der Waals surface area contributed by atoms with Gasteiger partial charge in [-0.1, -0.05) is 19.1 Å². The number of benzene rings is 1. The third-order valence-corrected chi connectivity index (χ3v) is 3.87. The van der Waals surface area contributed by atoms with E-state index < -0.39 is 17.6 Å². The molecule has 1 aromatic carbocycles. The number of hydrogen-bond donors (Lipinski definition) is 0. The van der Waals surface area contributed by atoms with Crippen molar-refractivity contribution in [3.05, 3.63) is 35.4 Å². The number of nitrogens with zero attached hydrogens (tertiary/aromatic N) is 1. The second-order valence-corrected chi connectivity index (χ2v) is 6.03. The standard InChI is InChI=1S/C17H21NO5/c1-5-13(16(21)22-4)23-10-17(2,3)18-14(19)11-8-6-7-9-12(11)15(18)20/h6-9,13H,5,10H2,1-4H3. The summed E-state index contributed by atoms with van der Waals surface area (Å²) in [4.78, 5) is 37.8. The van der Waals surface area contributed by atoms with Gasteiger partial charge < -0.3 is 9.47 Å². The van der Waals surface area contributed by atoms with E-state index in [2.05, 4.69) is 4.74 Å². The number of amides is 2. The molecule has 124 valence electrons.